The summed E-state index contributed by atoms with van der Waals surface area (Å²) in [5, 5.41) is 5.83. The third-order valence-electron chi connectivity index (χ3n) is 7.81. The first kappa shape index (κ1) is 27.3. The number of carbonyl (C=O) groups is 3. The average molecular weight is 521 g/mol. The molecule has 1 saturated carbocycles. The zero-order valence-electron chi connectivity index (χ0n) is 22.2. The lowest BCUT2D eigenvalue weighted by atomic mass is 9.85. The van der Waals surface area contributed by atoms with Gasteiger partial charge in [-0.1, -0.05) is 20.8 Å². The highest BCUT2D eigenvalue weighted by Crippen LogP contribution is 2.41. The van der Waals surface area contributed by atoms with Crippen molar-refractivity contribution in [2.75, 3.05) is 26.7 Å². The van der Waals surface area contributed by atoms with Gasteiger partial charge in [-0.25, -0.2) is 8.78 Å². The van der Waals surface area contributed by atoms with Crippen LogP contribution in [0.1, 0.15) is 47.0 Å². The smallest absolute Gasteiger partial charge is 0.246 e. The summed E-state index contributed by atoms with van der Waals surface area (Å²) in [5.74, 6) is -2.26. The van der Waals surface area contributed by atoms with E-state index in [-0.39, 0.29) is 54.0 Å². The summed E-state index contributed by atoms with van der Waals surface area (Å²) < 4.78 is 32.9. The molecule has 0 spiro atoms. The van der Waals surface area contributed by atoms with E-state index >= 15 is 0 Å². The monoisotopic (exact) mass is 520 g/mol. The van der Waals surface area contributed by atoms with Crippen LogP contribution in [0.4, 0.5) is 8.78 Å². The molecule has 204 valence electrons. The number of nitrogens with one attached hydrogen (secondary N) is 2. The van der Waals surface area contributed by atoms with E-state index in [4.69, 9.17) is 4.74 Å². The number of hydrogen-bond donors (Lipinski definition) is 2. The third-order valence-corrected chi connectivity index (χ3v) is 7.81. The molecule has 0 bridgehead atoms. The van der Waals surface area contributed by atoms with Crippen LogP contribution >= 0.6 is 0 Å². The van der Waals surface area contributed by atoms with Gasteiger partial charge in [0.15, 0.2) is 11.6 Å². The van der Waals surface area contributed by atoms with E-state index in [0.717, 1.165) is 25.0 Å². The molecule has 3 amide bonds. The lowest BCUT2D eigenvalue weighted by molar-refractivity contribution is -0.141. The van der Waals surface area contributed by atoms with Crippen LogP contribution in [0.2, 0.25) is 0 Å². The van der Waals surface area contributed by atoms with Gasteiger partial charge in [0, 0.05) is 31.0 Å². The zero-order chi connectivity index (χ0) is 27.1. The van der Waals surface area contributed by atoms with Gasteiger partial charge in [0.25, 0.3) is 0 Å². The first-order valence-corrected chi connectivity index (χ1v) is 13.1. The number of carbonyl (C=O) groups excluding carboxylic acids is 3. The number of amides is 3. The van der Waals surface area contributed by atoms with Crippen molar-refractivity contribution >= 4 is 17.7 Å². The molecule has 37 heavy (non-hydrogen) atoms. The van der Waals surface area contributed by atoms with Crippen molar-refractivity contribution in [2.45, 2.75) is 71.1 Å². The molecular weight excluding hydrogens is 482 g/mol. The molecule has 1 aromatic rings. The van der Waals surface area contributed by atoms with Crippen LogP contribution in [-0.4, -0.2) is 78.4 Å². The molecule has 2 N–H and O–H groups in total. The predicted molar refractivity (Wildman–Crippen MR) is 134 cm³/mol. The molecule has 4 rings (SSSR count). The van der Waals surface area contributed by atoms with Crippen LogP contribution in [0.25, 0.3) is 0 Å². The highest BCUT2D eigenvalue weighted by atomic mass is 19.2. The highest BCUT2D eigenvalue weighted by Gasteiger charge is 2.54. The topological polar surface area (TPSA) is 91.0 Å². The Morgan fingerprint density at radius 1 is 1.11 bits per heavy atom. The number of likely N-dealkylation sites (N-methyl/N-ethyl adjacent to an activating group) is 1. The van der Waals surface area contributed by atoms with Crippen molar-refractivity contribution in [3.8, 4) is 5.75 Å². The molecule has 0 aromatic heterocycles. The summed E-state index contributed by atoms with van der Waals surface area (Å²) >= 11 is 0. The molecular formula is C27H38F2N4O4. The first-order chi connectivity index (χ1) is 17.4. The number of fused-ring (bicyclic) bond motifs is 1. The van der Waals surface area contributed by atoms with Crippen LogP contribution in [0, 0.1) is 28.9 Å². The van der Waals surface area contributed by atoms with Gasteiger partial charge in [-0.05, 0) is 50.8 Å². The second kappa shape index (κ2) is 10.6. The Hall–Kier alpha value is -2.75. The fourth-order valence-corrected chi connectivity index (χ4v) is 5.41. The van der Waals surface area contributed by atoms with Crippen LogP contribution in [-0.2, 0) is 14.4 Å². The molecule has 10 heteroatoms. The normalized spacial score (nSPS) is 25.0. The van der Waals surface area contributed by atoms with Crippen LogP contribution in [0.3, 0.4) is 0 Å². The second-order valence-corrected chi connectivity index (χ2v) is 11.6. The molecule has 3 fully saturated rings. The number of halogens is 2. The molecule has 2 heterocycles. The number of likely N-dealkylation sites (tertiary alicyclic amines) is 2. The molecule has 1 aliphatic carbocycles. The van der Waals surface area contributed by atoms with Gasteiger partial charge in [-0.2, -0.15) is 0 Å². The number of hydrogen-bond acceptors (Lipinski definition) is 5. The minimum Gasteiger partial charge on any atom is -0.493 e. The number of nitrogens with zero attached hydrogens (tertiary/aromatic N) is 2. The Kier molecular flexibility index (Phi) is 7.78. The number of rotatable bonds is 8. The summed E-state index contributed by atoms with van der Waals surface area (Å²) in [4.78, 5) is 43.5. The van der Waals surface area contributed by atoms with Gasteiger partial charge in [-0.15, -0.1) is 0 Å². The van der Waals surface area contributed by atoms with Gasteiger partial charge in [0.2, 0.25) is 17.7 Å². The van der Waals surface area contributed by atoms with Gasteiger partial charge < -0.3 is 25.2 Å². The minimum atomic E-state index is -0.996. The molecule has 2 aliphatic heterocycles. The maximum atomic E-state index is 14.0. The molecule has 5 atom stereocenters. The molecule has 1 unspecified atom stereocenters. The van der Waals surface area contributed by atoms with E-state index in [1.54, 1.807) is 18.9 Å². The largest absolute Gasteiger partial charge is 0.493 e. The van der Waals surface area contributed by atoms with Crippen molar-refractivity contribution in [3.05, 3.63) is 29.8 Å². The van der Waals surface area contributed by atoms with Gasteiger partial charge in [-0.3, -0.25) is 14.4 Å². The Morgan fingerprint density at radius 3 is 2.41 bits per heavy atom. The van der Waals surface area contributed by atoms with Crippen molar-refractivity contribution < 1.29 is 27.9 Å². The van der Waals surface area contributed by atoms with Crippen molar-refractivity contribution in [1.82, 2.24) is 20.4 Å². The fraction of sp³-hybridized carbons (Fsp3) is 0.667. The summed E-state index contributed by atoms with van der Waals surface area (Å²) in [6.07, 6.45) is 2.41. The van der Waals surface area contributed by atoms with Crippen molar-refractivity contribution in [3.63, 3.8) is 0 Å². The maximum absolute atomic E-state index is 14.0. The Bertz CT molecular complexity index is 1040. The van der Waals surface area contributed by atoms with E-state index in [0.29, 0.717) is 19.5 Å². The van der Waals surface area contributed by atoms with E-state index < -0.39 is 29.1 Å². The van der Waals surface area contributed by atoms with E-state index in [1.807, 2.05) is 25.7 Å². The number of ether oxygens (including phenoxy) is 1. The average Bonchev–Trinajstić information content (AvgIpc) is 3.51. The molecule has 2 saturated heterocycles. The molecule has 0 radical (unpaired) electrons. The van der Waals surface area contributed by atoms with E-state index in [9.17, 15) is 23.2 Å². The fourth-order valence-electron chi connectivity index (χ4n) is 5.41. The number of benzene rings is 1. The maximum Gasteiger partial charge on any atom is 0.246 e. The summed E-state index contributed by atoms with van der Waals surface area (Å²) in [7, 11) is 1.69. The van der Waals surface area contributed by atoms with Crippen molar-refractivity contribution in [2.24, 2.45) is 17.3 Å². The molecule has 1 aromatic carbocycles. The van der Waals surface area contributed by atoms with Crippen LogP contribution in [0.15, 0.2) is 18.2 Å². The molecule has 8 nitrogen and oxygen atoms in total. The first-order valence-electron chi connectivity index (χ1n) is 13.1. The van der Waals surface area contributed by atoms with E-state index in [2.05, 4.69) is 10.6 Å². The third kappa shape index (κ3) is 5.73. The van der Waals surface area contributed by atoms with Crippen LogP contribution < -0.4 is 15.4 Å². The Balaban J connectivity index is 1.56. The SMILES string of the molecule is CN[C@@H](C)C(=O)NC(C(=O)N1CC[C@@H]2[C@H]1[C@@H](COc1ccc(F)c(F)c1)CN2C(=O)C1CC1)C(C)(C)C. The lowest BCUT2D eigenvalue weighted by Crippen LogP contribution is -2.59. The summed E-state index contributed by atoms with van der Waals surface area (Å²) in [6.45, 7) is 8.51. The molecule has 3 aliphatic rings. The Labute approximate surface area is 217 Å². The minimum absolute atomic E-state index is 0.0425. The van der Waals surface area contributed by atoms with E-state index in [1.165, 1.54) is 6.07 Å². The quantitative estimate of drug-likeness (QED) is 0.549. The summed E-state index contributed by atoms with van der Waals surface area (Å²) in [6, 6.07) is 1.74. The second-order valence-electron chi connectivity index (χ2n) is 11.6. The standard InChI is InChI=1S/C27H38F2N4O4/c1-15(30-5)24(34)31-23(27(2,3)4)26(36)32-11-10-21-22(32)17(13-33(21)25(35)16-6-7-16)14-37-18-8-9-19(28)20(29)12-18/h8-9,12,15-17,21-23,30H,6-7,10-11,13-14H2,1-5H3,(H,31,34)/t15-,17+,21+,22+,23?/m0/s1. The van der Waals surface area contributed by atoms with Crippen LogP contribution in [0.5, 0.6) is 5.75 Å². The Morgan fingerprint density at radius 2 is 1.81 bits per heavy atom. The van der Waals surface area contributed by atoms with Crippen molar-refractivity contribution in [1.29, 1.82) is 0 Å². The lowest BCUT2D eigenvalue weighted by Gasteiger charge is -2.37. The van der Waals surface area contributed by atoms with Gasteiger partial charge >= 0.3 is 0 Å². The van der Waals surface area contributed by atoms with Gasteiger partial charge in [0.1, 0.15) is 11.8 Å². The zero-order valence-corrected chi connectivity index (χ0v) is 22.2. The summed E-state index contributed by atoms with van der Waals surface area (Å²) in [5.41, 5.74) is -0.544. The highest BCUT2D eigenvalue weighted by molar-refractivity contribution is 5.91. The predicted octanol–water partition coefficient (Wildman–Crippen LogP) is 2.32. The van der Waals surface area contributed by atoms with Gasteiger partial charge in [0.05, 0.1) is 24.7 Å².